The summed E-state index contributed by atoms with van der Waals surface area (Å²) >= 11 is 1.07. The number of aryl methyl sites for hydroxylation is 2. The molecule has 0 atom stereocenters. The first-order valence-corrected chi connectivity index (χ1v) is 11.4. The maximum atomic E-state index is 12.7. The lowest BCUT2D eigenvalue weighted by Gasteiger charge is -2.12. The summed E-state index contributed by atoms with van der Waals surface area (Å²) < 4.78 is 27.7. The zero-order valence-electron chi connectivity index (χ0n) is 16.2. The molecule has 1 N–H and O–H groups in total. The van der Waals surface area contributed by atoms with E-state index in [0.29, 0.717) is 21.7 Å². The molecular weight excluding hydrogens is 424 g/mol. The molecule has 1 aliphatic rings. The molecule has 1 aromatic heterocycles. The molecule has 10 heteroatoms. The van der Waals surface area contributed by atoms with Gasteiger partial charge in [0.25, 0.3) is 21.8 Å². The predicted octanol–water partition coefficient (Wildman–Crippen LogP) is 2.79. The Bertz CT molecular complexity index is 1230. The Labute approximate surface area is 177 Å². The first kappa shape index (κ1) is 20.2. The van der Waals surface area contributed by atoms with E-state index >= 15 is 0 Å². The van der Waals surface area contributed by atoms with Crippen LogP contribution in [0.5, 0.6) is 0 Å². The highest BCUT2D eigenvalue weighted by molar-refractivity contribution is 7.93. The molecule has 0 bridgehead atoms. The van der Waals surface area contributed by atoms with E-state index in [2.05, 4.69) is 14.9 Å². The van der Waals surface area contributed by atoms with Crippen LogP contribution in [0.15, 0.2) is 47.4 Å². The van der Waals surface area contributed by atoms with Gasteiger partial charge >= 0.3 is 0 Å². The van der Waals surface area contributed by atoms with Gasteiger partial charge in [0.15, 0.2) is 0 Å². The van der Waals surface area contributed by atoms with Gasteiger partial charge < -0.3 is 0 Å². The number of hydrogen-bond donors (Lipinski definition) is 1. The lowest BCUT2D eigenvalue weighted by molar-refractivity contribution is 0.0656. The van der Waals surface area contributed by atoms with E-state index in [0.717, 1.165) is 16.9 Å². The SMILES string of the molecule is Cc1ccc(S(=O)(=O)Nc2nnc(CCN3C(=O)c4ccccc4C3=O)s2)c(C)c1. The molecule has 1 aliphatic heterocycles. The minimum Gasteiger partial charge on any atom is -0.274 e. The standard InChI is InChI=1S/C20H18N4O4S2/c1-12-7-8-16(13(2)11-12)30(27,28)23-20-22-21-17(29-20)9-10-24-18(25)14-5-3-4-6-15(14)19(24)26/h3-8,11H,9-10H2,1-2H3,(H,22,23). The third kappa shape index (κ3) is 3.71. The third-order valence-corrected chi connectivity index (χ3v) is 7.26. The molecule has 2 aromatic carbocycles. The molecule has 0 saturated carbocycles. The number of sulfonamides is 1. The van der Waals surface area contributed by atoms with Crippen LogP contribution in [0, 0.1) is 13.8 Å². The van der Waals surface area contributed by atoms with Gasteiger partial charge in [-0.05, 0) is 37.6 Å². The van der Waals surface area contributed by atoms with Crippen LogP contribution in [0.2, 0.25) is 0 Å². The van der Waals surface area contributed by atoms with Gasteiger partial charge in [-0.2, -0.15) is 0 Å². The first-order valence-electron chi connectivity index (χ1n) is 9.14. The second-order valence-electron chi connectivity index (χ2n) is 6.93. The molecule has 4 rings (SSSR count). The Morgan fingerprint density at radius 1 is 1.00 bits per heavy atom. The normalized spacial score (nSPS) is 13.6. The summed E-state index contributed by atoms with van der Waals surface area (Å²) in [5.41, 5.74) is 2.39. The van der Waals surface area contributed by atoms with Crippen molar-refractivity contribution >= 4 is 38.3 Å². The van der Waals surface area contributed by atoms with E-state index in [1.165, 1.54) is 4.90 Å². The number of amides is 2. The Kier molecular flexibility index (Phi) is 5.12. The molecule has 30 heavy (non-hydrogen) atoms. The van der Waals surface area contributed by atoms with Crippen molar-refractivity contribution in [2.45, 2.75) is 25.2 Å². The zero-order valence-corrected chi connectivity index (χ0v) is 17.9. The van der Waals surface area contributed by atoms with Gasteiger partial charge in [0, 0.05) is 13.0 Å². The van der Waals surface area contributed by atoms with Crippen molar-refractivity contribution in [1.29, 1.82) is 0 Å². The number of benzene rings is 2. The Morgan fingerprint density at radius 3 is 2.30 bits per heavy atom. The average molecular weight is 443 g/mol. The lowest BCUT2D eigenvalue weighted by Crippen LogP contribution is -2.31. The Hall–Kier alpha value is -3.11. The number of aromatic nitrogens is 2. The number of carbonyl (C=O) groups excluding carboxylic acids is 2. The van der Waals surface area contributed by atoms with Crippen LogP contribution in [0.1, 0.15) is 36.9 Å². The fraction of sp³-hybridized carbons (Fsp3) is 0.200. The van der Waals surface area contributed by atoms with Crippen molar-refractivity contribution in [1.82, 2.24) is 15.1 Å². The largest absolute Gasteiger partial charge is 0.274 e. The van der Waals surface area contributed by atoms with E-state index in [4.69, 9.17) is 0 Å². The van der Waals surface area contributed by atoms with Crippen LogP contribution >= 0.6 is 11.3 Å². The van der Waals surface area contributed by atoms with E-state index in [-0.39, 0.29) is 34.8 Å². The maximum Gasteiger partial charge on any atom is 0.263 e. The highest BCUT2D eigenvalue weighted by Gasteiger charge is 2.34. The summed E-state index contributed by atoms with van der Waals surface area (Å²) in [5.74, 6) is -0.674. The maximum absolute atomic E-state index is 12.7. The van der Waals surface area contributed by atoms with Crippen LogP contribution in [0.4, 0.5) is 5.13 Å². The average Bonchev–Trinajstić information content (AvgIpc) is 3.22. The van der Waals surface area contributed by atoms with Crippen LogP contribution in [-0.4, -0.2) is 41.9 Å². The summed E-state index contributed by atoms with van der Waals surface area (Å²) in [6.07, 6.45) is 0.286. The number of hydrogen-bond acceptors (Lipinski definition) is 7. The van der Waals surface area contributed by atoms with Gasteiger partial charge in [0.2, 0.25) is 5.13 Å². The number of anilines is 1. The second-order valence-corrected chi connectivity index (χ2v) is 9.65. The number of nitrogens with one attached hydrogen (secondary N) is 1. The summed E-state index contributed by atoms with van der Waals surface area (Å²) in [4.78, 5) is 26.2. The molecule has 0 saturated heterocycles. The van der Waals surface area contributed by atoms with Crippen molar-refractivity contribution < 1.29 is 18.0 Å². The van der Waals surface area contributed by atoms with Crippen LogP contribution in [-0.2, 0) is 16.4 Å². The minimum atomic E-state index is -3.79. The van der Waals surface area contributed by atoms with Crippen molar-refractivity contribution in [2.75, 3.05) is 11.3 Å². The van der Waals surface area contributed by atoms with Gasteiger partial charge in [-0.1, -0.05) is 41.2 Å². The highest BCUT2D eigenvalue weighted by atomic mass is 32.2. The summed E-state index contributed by atoms with van der Waals surface area (Å²) in [6, 6.07) is 11.8. The molecule has 0 radical (unpaired) electrons. The predicted molar refractivity (Wildman–Crippen MR) is 112 cm³/mol. The number of imide groups is 1. The molecule has 0 aliphatic carbocycles. The fourth-order valence-corrected chi connectivity index (χ4v) is 5.50. The van der Waals surface area contributed by atoms with Gasteiger partial charge in [0.05, 0.1) is 16.0 Å². The fourth-order valence-electron chi connectivity index (χ4n) is 3.32. The molecule has 0 unspecified atom stereocenters. The summed E-state index contributed by atoms with van der Waals surface area (Å²) in [5, 5.41) is 8.52. The third-order valence-electron chi connectivity index (χ3n) is 4.74. The van der Waals surface area contributed by atoms with Crippen LogP contribution in [0.3, 0.4) is 0 Å². The topological polar surface area (TPSA) is 109 Å². The molecular formula is C20H18N4O4S2. The molecule has 3 aromatic rings. The van der Waals surface area contributed by atoms with Crippen LogP contribution < -0.4 is 4.72 Å². The molecule has 0 spiro atoms. The van der Waals surface area contributed by atoms with E-state index < -0.39 is 10.0 Å². The quantitative estimate of drug-likeness (QED) is 0.588. The summed E-state index contributed by atoms with van der Waals surface area (Å²) in [7, 11) is -3.79. The smallest absolute Gasteiger partial charge is 0.263 e. The van der Waals surface area contributed by atoms with Gasteiger partial charge in [0.1, 0.15) is 5.01 Å². The monoisotopic (exact) mass is 442 g/mol. The molecule has 2 heterocycles. The number of rotatable bonds is 6. The Morgan fingerprint density at radius 2 is 1.67 bits per heavy atom. The molecule has 0 fully saturated rings. The van der Waals surface area contributed by atoms with Gasteiger partial charge in [-0.15, -0.1) is 10.2 Å². The molecule has 8 nitrogen and oxygen atoms in total. The first-order chi connectivity index (χ1) is 14.3. The van der Waals surface area contributed by atoms with Gasteiger partial charge in [-0.25, -0.2) is 8.42 Å². The Balaban J connectivity index is 1.44. The lowest BCUT2D eigenvalue weighted by atomic mass is 10.1. The minimum absolute atomic E-state index is 0.132. The molecule has 154 valence electrons. The van der Waals surface area contributed by atoms with E-state index in [1.54, 1.807) is 49.4 Å². The summed E-state index contributed by atoms with van der Waals surface area (Å²) in [6.45, 7) is 3.77. The molecule has 2 amide bonds. The van der Waals surface area contributed by atoms with E-state index in [1.807, 2.05) is 6.92 Å². The zero-order chi connectivity index (χ0) is 21.5. The van der Waals surface area contributed by atoms with Crippen molar-refractivity contribution in [3.05, 3.63) is 69.7 Å². The van der Waals surface area contributed by atoms with E-state index in [9.17, 15) is 18.0 Å². The number of carbonyl (C=O) groups is 2. The highest BCUT2D eigenvalue weighted by Crippen LogP contribution is 2.25. The number of fused-ring (bicyclic) bond motifs is 1. The van der Waals surface area contributed by atoms with Gasteiger partial charge in [-0.3, -0.25) is 19.2 Å². The van der Waals surface area contributed by atoms with Crippen molar-refractivity contribution in [2.24, 2.45) is 0 Å². The van der Waals surface area contributed by atoms with Crippen molar-refractivity contribution in [3.8, 4) is 0 Å². The van der Waals surface area contributed by atoms with Crippen LogP contribution in [0.25, 0.3) is 0 Å². The number of nitrogens with zero attached hydrogens (tertiary/aromatic N) is 3. The van der Waals surface area contributed by atoms with Crippen molar-refractivity contribution in [3.63, 3.8) is 0 Å². The second kappa shape index (κ2) is 7.62.